The summed E-state index contributed by atoms with van der Waals surface area (Å²) in [5.41, 5.74) is 16.0. The smallest absolute Gasteiger partial charge is 0.254 e. The predicted molar refractivity (Wildman–Crippen MR) is 163 cm³/mol. The van der Waals surface area contributed by atoms with Crippen LogP contribution in [0.15, 0.2) is 90.7 Å². The van der Waals surface area contributed by atoms with Crippen LogP contribution in [0, 0.1) is 12.7 Å². The second kappa shape index (κ2) is 12.5. The van der Waals surface area contributed by atoms with Crippen molar-refractivity contribution in [3.8, 4) is 11.5 Å². The van der Waals surface area contributed by atoms with Crippen molar-refractivity contribution in [3.05, 3.63) is 114 Å². The summed E-state index contributed by atoms with van der Waals surface area (Å²) in [5, 5.41) is 3.22. The predicted octanol–water partition coefficient (Wildman–Crippen LogP) is 5.39. The molecule has 0 spiro atoms. The third-order valence-electron chi connectivity index (χ3n) is 6.90. The van der Waals surface area contributed by atoms with E-state index in [9.17, 15) is 9.18 Å². The first-order valence-corrected chi connectivity index (χ1v) is 13.6. The van der Waals surface area contributed by atoms with E-state index in [1.165, 1.54) is 24.4 Å². The Balaban J connectivity index is 1.29. The number of nitrogens with two attached hydrogens (primary N) is 2. The number of benzene rings is 2. The van der Waals surface area contributed by atoms with Gasteiger partial charge < -0.3 is 26.4 Å². The molecule has 0 bridgehead atoms. The van der Waals surface area contributed by atoms with Gasteiger partial charge in [0.05, 0.1) is 6.04 Å². The Bertz CT molecular complexity index is 1640. The SMILES string of the molecule is C=C(Nc1cc(C)ccn1)c1ccc(Oc2ccnc(N)c2C(N)=NC2CCCN(C(=O)c3cccc(F)c3)C2)cc1. The molecule has 3 heterocycles. The average Bonchev–Trinajstić information content (AvgIpc) is 2.97. The molecule has 10 heteroatoms. The molecular formula is C32H32FN7O2. The first kappa shape index (κ1) is 28.3. The van der Waals surface area contributed by atoms with E-state index in [4.69, 9.17) is 21.2 Å². The van der Waals surface area contributed by atoms with Gasteiger partial charge in [0.25, 0.3) is 5.91 Å². The fraction of sp³-hybridized carbons (Fsp3) is 0.188. The van der Waals surface area contributed by atoms with Crippen LogP contribution in [-0.4, -0.2) is 45.7 Å². The minimum Gasteiger partial charge on any atom is -0.456 e. The van der Waals surface area contributed by atoms with E-state index < -0.39 is 5.82 Å². The summed E-state index contributed by atoms with van der Waals surface area (Å²) < 4.78 is 19.8. The lowest BCUT2D eigenvalue weighted by molar-refractivity contribution is 0.0709. The molecule has 1 saturated heterocycles. The van der Waals surface area contributed by atoms with Gasteiger partial charge in [-0.3, -0.25) is 9.79 Å². The summed E-state index contributed by atoms with van der Waals surface area (Å²) in [5.74, 6) is 1.33. The van der Waals surface area contributed by atoms with E-state index >= 15 is 0 Å². The number of aryl methyl sites for hydroxylation is 1. The zero-order chi connectivity index (χ0) is 29.6. The largest absolute Gasteiger partial charge is 0.456 e. The standard InChI is InChI=1S/C32H32FN7O2/c1-20-12-14-36-28(17-20)38-21(2)22-8-10-26(11-9-22)42-27-13-15-37-30(34)29(27)31(35)39-25-7-4-16-40(19-25)32(41)23-5-3-6-24(33)18-23/h3,5-6,8-15,17-18,25H,2,4,7,16,19H2,1H3,(H2,34,37)(H2,35,39)(H,36,38). The number of rotatable bonds is 8. The van der Waals surface area contributed by atoms with Crippen molar-refractivity contribution in [2.45, 2.75) is 25.8 Å². The second-order valence-electron chi connectivity index (χ2n) is 10.1. The lowest BCUT2D eigenvalue weighted by Gasteiger charge is -2.31. The molecule has 1 aliphatic heterocycles. The molecular weight excluding hydrogens is 533 g/mol. The van der Waals surface area contributed by atoms with Gasteiger partial charge >= 0.3 is 0 Å². The maximum Gasteiger partial charge on any atom is 0.254 e. The molecule has 1 aliphatic rings. The van der Waals surface area contributed by atoms with Crippen LogP contribution in [0.4, 0.5) is 16.0 Å². The summed E-state index contributed by atoms with van der Waals surface area (Å²) in [6.07, 6.45) is 4.75. The molecule has 0 radical (unpaired) electrons. The van der Waals surface area contributed by atoms with Crippen LogP contribution >= 0.6 is 0 Å². The zero-order valence-corrected chi connectivity index (χ0v) is 23.3. The lowest BCUT2D eigenvalue weighted by Crippen LogP contribution is -2.42. The normalized spacial score (nSPS) is 15.2. The van der Waals surface area contributed by atoms with Crippen molar-refractivity contribution in [2.24, 2.45) is 10.7 Å². The third kappa shape index (κ3) is 6.72. The average molecular weight is 566 g/mol. The highest BCUT2D eigenvalue weighted by atomic mass is 19.1. The van der Waals surface area contributed by atoms with Crippen molar-refractivity contribution in [1.29, 1.82) is 0 Å². The highest BCUT2D eigenvalue weighted by Gasteiger charge is 2.25. The molecule has 214 valence electrons. The van der Waals surface area contributed by atoms with Gasteiger partial charge in [0.2, 0.25) is 0 Å². The number of aliphatic imine (C=N–C) groups is 1. The van der Waals surface area contributed by atoms with Crippen molar-refractivity contribution >= 4 is 29.1 Å². The number of hydrogen-bond acceptors (Lipinski definition) is 7. The summed E-state index contributed by atoms with van der Waals surface area (Å²) in [7, 11) is 0. The molecule has 0 aliphatic carbocycles. The highest BCUT2D eigenvalue weighted by Crippen LogP contribution is 2.29. The molecule has 1 atom stereocenters. The Labute approximate surface area is 243 Å². The van der Waals surface area contributed by atoms with Crippen molar-refractivity contribution in [3.63, 3.8) is 0 Å². The number of aromatic nitrogens is 2. The molecule has 0 saturated carbocycles. The number of nitrogens with one attached hydrogen (secondary N) is 1. The lowest BCUT2D eigenvalue weighted by atomic mass is 10.0. The number of anilines is 2. The second-order valence-corrected chi connectivity index (χ2v) is 10.1. The van der Waals surface area contributed by atoms with E-state index in [1.807, 2.05) is 43.3 Å². The Kier molecular flexibility index (Phi) is 8.42. The number of piperidine rings is 1. The van der Waals surface area contributed by atoms with Crippen molar-refractivity contribution in [1.82, 2.24) is 14.9 Å². The van der Waals surface area contributed by atoms with Gasteiger partial charge in [-0.25, -0.2) is 14.4 Å². The number of ether oxygens (including phenoxy) is 1. The van der Waals surface area contributed by atoms with Gasteiger partial charge in [0.1, 0.15) is 40.4 Å². The molecule has 2 aromatic heterocycles. The fourth-order valence-electron chi connectivity index (χ4n) is 4.79. The molecule has 9 nitrogen and oxygen atoms in total. The first-order valence-electron chi connectivity index (χ1n) is 13.6. The summed E-state index contributed by atoms with van der Waals surface area (Å²) in [4.78, 5) is 27.8. The fourth-order valence-corrected chi connectivity index (χ4v) is 4.79. The van der Waals surface area contributed by atoms with Gasteiger partial charge in [-0.1, -0.05) is 12.6 Å². The molecule has 2 aromatic carbocycles. The maximum absolute atomic E-state index is 13.7. The Morgan fingerprint density at radius 3 is 2.64 bits per heavy atom. The highest BCUT2D eigenvalue weighted by molar-refractivity contribution is 6.04. The van der Waals surface area contributed by atoms with Gasteiger partial charge in [0.15, 0.2) is 0 Å². The first-order chi connectivity index (χ1) is 20.3. The Morgan fingerprint density at radius 1 is 1.10 bits per heavy atom. The Hall–Kier alpha value is -5.25. The number of hydrogen-bond donors (Lipinski definition) is 3. The number of carbonyl (C=O) groups excluding carboxylic acids is 1. The van der Waals surface area contributed by atoms with Gasteiger partial charge in [-0.15, -0.1) is 0 Å². The molecule has 1 amide bonds. The van der Waals surface area contributed by atoms with Crippen molar-refractivity contribution in [2.75, 3.05) is 24.1 Å². The summed E-state index contributed by atoms with van der Waals surface area (Å²) >= 11 is 0. The molecule has 42 heavy (non-hydrogen) atoms. The zero-order valence-electron chi connectivity index (χ0n) is 23.3. The van der Waals surface area contributed by atoms with E-state index in [0.717, 1.165) is 24.0 Å². The van der Waals surface area contributed by atoms with Gasteiger partial charge in [-0.05, 0) is 85.5 Å². The van der Waals surface area contributed by atoms with Crippen LogP contribution in [0.3, 0.4) is 0 Å². The number of pyridine rings is 2. The number of amidine groups is 1. The number of amides is 1. The monoisotopic (exact) mass is 565 g/mol. The van der Waals surface area contributed by atoms with Crippen molar-refractivity contribution < 1.29 is 13.9 Å². The van der Waals surface area contributed by atoms with E-state index in [2.05, 4.69) is 21.9 Å². The van der Waals surface area contributed by atoms with Crippen LogP contribution in [0.5, 0.6) is 11.5 Å². The van der Waals surface area contributed by atoms with E-state index in [-0.39, 0.29) is 23.6 Å². The van der Waals surface area contributed by atoms with Crippen LogP contribution in [0.25, 0.3) is 5.70 Å². The number of nitrogens with zero attached hydrogens (tertiary/aromatic N) is 4. The van der Waals surface area contributed by atoms with Crippen LogP contribution in [0.2, 0.25) is 0 Å². The summed E-state index contributed by atoms with van der Waals surface area (Å²) in [6, 6.07) is 18.4. The minimum absolute atomic E-state index is 0.167. The molecule has 1 fully saturated rings. The molecule has 4 aromatic rings. The molecule has 5 N–H and O–H groups in total. The molecule has 1 unspecified atom stereocenters. The maximum atomic E-state index is 13.7. The minimum atomic E-state index is -0.452. The van der Waals surface area contributed by atoms with Gasteiger partial charge in [-0.2, -0.15) is 0 Å². The third-order valence-corrected chi connectivity index (χ3v) is 6.90. The number of nitrogen functional groups attached to an aromatic ring is 1. The van der Waals surface area contributed by atoms with Crippen LogP contribution in [-0.2, 0) is 0 Å². The number of carbonyl (C=O) groups is 1. The van der Waals surface area contributed by atoms with E-state index in [0.29, 0.717) is 47.2 Å². The molecule has 5 rings (SSSR count). The quantitative estimate of drug-likeness (QED) is 0.193. The van der Waals surface area contributed by atoms with Crippen LogP contribution in [0.1, 0.15) is 39.9 Å². The Morgan fingerprint density at radius 2 is 1.88 bits per heavy atom. The number of halogens is 1. The van der Waals surface area contributed by atoms with Gasteiger partial charge in [0, 0.05) is 42.8 Å². The number of likely N-dealkylation sites (tertiary alicyclic amines) is 1. The van der Waals surface area contributed by atoms with Crippen LogP contribution < -0.4 is 21.5 Å². The van der Waals surface area contributed by atoms with E-state index in [1.54, 1.807) is 23.2 Å². The summed E-state index contributed by atoms with van der Waals surface area (Å²) in [6.45, 7) is 7.02. The topological polar surface area (TPSA) is 132 Å².